The molecule has 0 saturated carbocycles. The first-order chi connectivity index (χ1) is 26.8. The quantitative estimate of drug-likeness (QED) is 0.180. The van der Waals surface area contributed by atoms with Gasteiger partial charge in [0.1, 0.15) is 11.2 Å². The van der Waals surface area contributed by atoms with Crippen molar-refractivity contribution in [2.24, 2.45) is 0 Å². The molecule has 0 aliphatic carbocycles. The van der Waals surface area contributed by atoms with E-state index in [9.17, 15) is 0 Å². The molecule has 0 saturated heterocycles. The normalized spacial score (nSPS) is 11.7. The van der Waals surface area contributed by atoms with Crippen LogP contribution in [0.4, 0.5) is 0 Å². The van der Waals surface area contributed by atoms with Gasteiger partial charge >= 0.3 is 0 Å². The Hall–Kier alpha value is -7.37. The summed E-state index contributed by atoms with van der Waals surface area (Å²) in [5.74, 6) is 1.88. The Morgan fingerprint density at radius 1 is 0.352 bits per heavy atom. The molecule has 0 radical (unpaired) electrons. The first-order valence-corrected chi connectivity index (χ1v) is 18.1. The highest BCUT2D eigenvalue weighted by molar-refractivity contribution is 6.19. The van der Waals surface area contributed by atoms with Crippen LogP contribution in [0.2, 0.25) is 0 Å². The van der Waals surface area contributed by atoms with Crippen LogP contribution in [0, 0.1) is 0 Å². The molecule has 3 aromatic heterocycles. The van der Waals surface area contributed by atoms with Crippen molar-refractivity contribution in [1.82, 2.24) is 19.5 Å². The highest BCUT2D eigenvalue weighted by Gasteiger charge is 2.20. The number of rotatable bonds is 5. The van der Waals surface area contributed by atoms with Crippen LogP contribution >= 0.6 is 0 Å². The van der Waals surface area contributed by atoms with E-state index in [1.54, 1.807) is 0 Å². The predicted octanol–water partition coefficient (Wildman–Crippen LogP) is 12.7. The van der Waals surface area contributed by atoms with Crippen LogP contribution in [-0.4, -0.2) is 19.5 Å². The van der Waals surface area contributed by atoms with Crippen molar-refractivity contribution in [1.29, 1.82) is 0 Å². The number of aromatic nitrogens is 4. The minimum Gasteiger partial charge on any atom is -0.455 e. The Labute approximate surface area is 310 Å². The molecule has 0 unspecified atom stereocenters. The summed E-state index contributed by atoms with van der Waals surface area (Å²) in [5.41, 5.74) is 10.2. The molecule has 3 heterocycles. The van der Waals surface area contributed by atoms with Crippen LogP contribution in [0.3, 0.4) is 0 Å². The number of hydrogen-bond acceptors (Lipinski definition) is 4. The third-order valence-corrected chi connectivity index (χ3v) is 10.4. The lowest BCUT2D eigenvalue weighted by atomic mass is 9.99. The summed E-state index contributed by atoms with van der Waals surface area (Å²) in [5, 5.41) is 6.51. The average molecular weight is 691 g/mol. The number of benzene rings is 8. The monoisotopic (exact) mass is 690 g/mol. The van der Waals surface area contributed by atoms with Gasteiger partial charge in [0.05, 0.1) is 11.0 Å². The summed E-state index contributed by atoms with van der Waals surface area (Å²) in [6.07, 6.45) is 0. The second-order valence-electron chi connectivity index (χ2n) is 13.6. The summed E-state index contributed by atoms with van der Waals surface area (Å²) in [4.78, 5) is 15.1. The third kappa shape index (κ3) is 4.83. The molecule has 5 heteroatoms. The Bertz CT molecular complexity index is 3140. The molecule has 0 bridgehead atoms. The van der Waals surface area contributed by atoms with Crippen molar-refractivity contribution in [2.75, 3.05) is 0 Å². The zero-order valence-electron chi connectivity index (χ0n) is 29.0. The summed E-state index contributed by atoms with van der Waals surface area (Å²) >= 11 is 0. The Kier molecular flexibility index (Phi) is 6.79. The summed E-state index contributed by atoms with van der Waals surface area (Å²) in [6, 6.07) is 63.3. The van der Waals surface area contributed by atoms with Crippen LogP contribution < -0.4 is 0 Å². The Balaban J connectivity index is 1.13. The van der Waals surface area contributed by atoms with Gasteiger partial charge in [-0.15, -0.1) is 0 Å². The predicted molar refractivity (Wildman–Crippen MR) is 221 cm³/mol. The molecule has 0 aliphatic heterocycles. The molecule has 252 valence electrons. The highest BCUT2D eigenvalue weighted by Crippen LogP contribution is 2.41. The number of hydrogen-bond donors (Lipinski definition) is 0. The van der Waals surface area contributed by atoms with Crippen LogP contribution in [0.25, 0.3) is 105 Å². The van der Waals surface area contributed by atoms with Crippen molar-refractivity contribution >= 4 is 54.5 Å². The maximum absolute atomic E-state index is 6.83. The van der Waals surface area contributed by atoms with Crippen molar-refractivity contribution in [2.45, 2.75) is 0 Å². The van der Waals surface area contributed by atoms with Gasteiger partial charge < -0.3 is 8.98 Å². The molecule has 0 spiro atoms. The molecule has 8 aromatic carbocycles. The smallest absolute Gasteiger partial charge is 0.164 e. The largest absolute Gasteiger partial charge is 0.455 e. The van der Waals surface area contributed by atoms with Gasteiger partial charge in [0.25, 0.3) is 0 Å². The maximum atomic E-state index is 6.83. The lowest BCUT2D eigenvalue weighted by Gasteiger charge is -2.11. The van der Waals surface area contributed by atoms with E-state index < -0.39 is 0 Å². The van der Waals surface area contributed by atoms with E-state index in [4.69, 9.17) is 19.4 Å². The fourth-order valence-corrected chi connectivity index (χ4v) is 7.90. The molecule has 54 heavy (non-hydrogen) atoms. The third-order valence-electron chi connectivity index (χ3n) is 10.4. The van der Waals surface area contributed by atoms with E-state index in [-0.39, 0.29) is 0 Å². The van der Waals surface area contributed by atoms with Crippen molar-refractivity contribution in [3.8, 4) is 51.0 Å². The molecule has 0 fully saturated rings. The summed E-state index contributed by atoms with van der Waals surface area (Å²) in [6.45, 7) is 0. The summed E-state index contributed by atoms with van der Waals surface area (Å²) < 4.78 is 9.19. The zero-order chi connectivity index (χ0) is 35.6. The molecule has 0 N–H and O–H groups in total. The Morgan fingerprint density at radius 3 is 1.61 bits per heavy atom. The fraction of sp³-hybridized carbons (Fsp3) is 0. The minimum absolute atomic E-state index is 0.617. The Morgan fingerprint density at radius 2 is 0.907 bits per heavy atom. The van der Waals surface area contributed by atoms with Gasteiger partial charge in [0.2, 0.25) is 0 Å². The van der Waals surface area contributed by atoms with E-state index in [0.29, 0.717) is 17.5 Å². The second-order valence-corrected chi connectivity index (χ2v) is 13.6. The molecule has 11 rings (SSSR count). The van der Waals surface area contributed by atoms with Crippen molar-refractivity contribution in [3.05, 3.63) is 182 Å². The van der Waals surface area contributed by atoms with Crippen LogP contribution in [0.15, 0.2) is 186 Å². The number of nitrogens with zero attached hydrogens (tertiary/aromatic N) is 4. The van der Waals surface area contributed by atoms with Gasteiger partial charge in [0.15, 0.2) is 17.5 Å². The molecule has 0 aliphatic rings. The lowest BCUT2D eigenvalue weighted by molar-refractivity contribution is 0.672. The van der Waals surface area contributed by atoms with Crippen LogP contribution in [-0.2, 0) is 0 Å². The average Bonchev–Trinajstić information content (AvgIpc) is 3.79. The molecule has 0 amide bonds. The second kappa shape index (κ2) is 12.1. The van der Waals surface area contributed by atoms with Gasteiger partial charge in [-0.1, -0.05) is 146 Å². The van der Waals surface area contributed by atoms with E-state index in [1.807, 2.05) is 60.7 Å². The number of para-hydroxylation sites is 1. The minimum atomic E-state index is 0.617. The van der Waals surface area contributed by atoms with Gasteiger partial charge in [-0.3, -0.25) is 0 Å². The molecular formula is C49H30N4O. The van der Waals surface area contributed by atoms with Crippen molar-refractivity contribution < 1.29 is 4.42 Å². The highest BCUT2D eigenvalue weighted by atomic mass is 16.3. The van der Waals surface area contributed by atoms with Gasteiger partial charge in [-0.05, 0) is 46.8 Å². The SMILES string of the molecule is c1ccc(-c2ccc3c4ccccc4n(-c4ccc5c(c4)oc4c6ccccc6c(-c6nc(-c7ccccc7)nc(-c7ccccc7)n6)cc54)c3c2)cc1. The molecule has 11 aromatic rings. The fourth-order valence-electron chi connectivity index (χ4n) is 7.90. The van der Waals surface area contributed by atoms with E-state index in [0.717, 1.165) is 66.1 Å². The van der Waals surface area contributed by atoms with Gasteiger partial charge in [-0.2, -0.15) is 0 Å². The first kappa shape index (κ1) is 30.3. The number of furan rings is 1. The van der Waals surface area contributed by atoms with Crippen LogP contribution in [0.5, 0.6) is 0 Å². The topological polar surface area (TPSA) is 56.7 Å². The molecule has 0 atom stereocenters. The molecule has 5 nitrogen and oxygen atoms in total. The standard InChI is InChI=1S/C49H30N4O/c1-4-14-31(15-5-1)34-24-26-38-37-21-12-13-23-43(37)53(44(38)28-34)35-25-27-39-41-30-42(36-20-10-11-22-40(36)46(41)54-45(39)29-35)49-51-47(32-16-6-2-7-17-32)50-48(52-49)33-18-8-3-9-19-33/h1-30H. The zero-order valence-corrected chi connectivity index (χ0v) is 29.0. The van der Waals surface area contributed by atoms with E-state index in [2.05, 4.69) is 126 Å². The lowest BCUT2D eigenvalue weighted by Crippen LogP contribution is -2.00. The van der Waals surface area contributed by atoms with E-state index in [1.165, 1.54) is 21.9 Å². The van der Waals surface area contributed by atoms with Crippen molar-refractivity contribution in [3.63, 3.8) is 0 Å². The van der Waals surface area contributed by atoms with Gasteiger partial charge in [-0.25, -0.2) is 15.0 Å². The number of fused-ring (bicyclic) bond motifs is 8. The first-order valence-electron chi connectivity index (χ1n) is 18.1. The summed E-state index contributed by atoms with van der Waals surface area (Å²) in [7, 11) is 0. The van der Waals surface area contributed by atoms with Crippen LogP contribution in [0.1, 0.15) is 0 Å². The maximum Gasteiger partial charge on any atom is 0.164 e. The van der Waals surface area contributed by atoms with E-state index >= 15 is 0 Å². The van der Waals surface area contributed by atoms with Gasteiger partial charge in [0, 0.05) is 55.4 Å². The molecular weight excluding hydrogens is 661 g/mol.